The van der Waals surface area contributed by atoms with E-state index in [1.54, 1.807) is 13.0 Å². The summed E-state index contributed by atoms with van der Waals surface area (Å²) in [6, 6.07) is 4.09. The lowest BCUT2D eigenvalue weighted by molar-refractivity contribution is 0.0527. The highest BCUT2D eigenvalue weighted by Gasteiger charge is 2.30. The summed E-state index contributed by atoms with van der Waals surface area (Å²) in [4.78, 5) is 26.4. The first kappa shape index (κ1) is 12.5. The molecule has 0 aliphatic heterocycles. The maximum absolute atomic E-state index is 13.5. The summed E-state index contributed by atoms with van der Waals surface area (Å²) in [6.07, 6.45) is 0.856. The zero-order valence-corrected chi connectivity index (χ0v) is 11.9. The minimum absolute atomic E-state index is 0.00662. The van der Waals surface area contributed by atoms with Gasteiger partial charge in [-0.1, -0.05) is 0 Å². The van der Waals surface area contributed by atoms with E-state index in [0.717, 1.165) is 17.0 Å². The van der Waals surface area contributed by atoms with Gasteiger partial charge in [-0.15, -0.1) is 11.3 Å². The van der Waals surface area contributed by atoms with Crippen molar-refractivity contribution < 1.29 is 13.9 Å². The first-order chi connectivity index (χ1) is 10.1. The number of carbonyl (C=O) groups excluding carboxylic acids is 1. The van der Waals surface area contributed by atoms with E-state index in [-0.39, 0.29) is 17.6 Å². The number of hydrogen-bond acceptors (Lipinski definition) is 4. The molecular formula is C15H10FNO3S. The summed E-state index contributed by atoms with van der Waals surface area (Å²) in [5.74, 6) is -1.14. The maximum Gasteiger partial charge on any atom is 0.345 e. The molecule has 1 aromatic carbocycles. The van der Waals surface area contributed by atoms with Crippen LogP contribution in [-0.2, 0) is 11.2 Å². The minimum atomic E-state index is -0.646. The van der Waals surface area contributed by atoms with E-state index >= 15 is 0 Å². The lowest BCUT2D eigenvalue weighted by Crippen LogP contribution is -2.20. The molecule has 0 saturated carbocycles. The zero-order valence-electron chi connectivity index (χ0n) is 11.1. The van der Waals surface area contributed by atoms with Gasteiger partial charge in [0.1, 0.15) is 16.2 Å². The number of ether oxygens (including phenoxy) is 1. The van der Waals surface area contributed by atoms with Crippen LogP contribution in [0.25, 0.3) is 15.7 Å². The number of pyridine rings is 1. The van der Waals surface area contributed by atoms with Crippen molar-refractivity contribution in [2.24, 2.45) is 0 Å². The van der Waals surface area contributed by atoms with E-state index in [2.05, 4.69) is 0 Å². The van der Waals surface area contributed by atoms with Gasteiger partial charge in [0, 0.05) is 22.4 Å². The molecule has 0 spiro atoms. The average Bonchev–Trinajstić information content (AvgIpc) is 3.11. The fourth-order valence-corrected chi connectivity index (χ4v) is 3.84. The van der Waals surface area contributed by atoms with Crippen molar-refractivity contribution in [1.82, 2.24) is 4.40 Å². The lowest BCUT2D eigenvalue weighted by atomic mass is 10.1. The molecule has 6 heteroatoms. The average molecular weight is 303 g/mol. The first-order valence-electron chi connectivity index (χ1n) is 6.57. The van der Waals surface area contributed by atoms with E-state index in [4.69, 9.17) is 4.74 Å². The molecule has 2 aromatic heterocycles. The Hall–Kier alpha value is -2.21. The molecule has 0 saturated heterocycles. The molecule has 2 heterocycles. The summed E-state index contributed by atoms with van der Waals surface area (Å²) in [5.41, 5.74) is 1.26. The van der Waals surface area contributed by atoms with Crippen LogP contribution in [-0.4, -0.2) is 17.0 Å². The van der Waals surface area contributed by atoms with Crippen molar-refractivity contribution in [3.05, 3.63) is 50.4 Å². The largest absolute Gasteiger partial charge is 0.462 e. The van der Waals surface area contributed by atoms with Crippen molar-refractivity contribution in [2.75, 3.05) is 6.61 Å². The molecule has 4 rings (SSSR count). The number of halogens is 1. The number of fused-ring (bicyclic) bond motifs is 5. The highest BCUT2D eigenvalue weighted by molar-refractivity contribution is 7.18. The Morgan fingerprint density at radius 1 is 1.48 bits per heavy atom. The SMILES string of the molecule is CCOC(=O)c1c(=O)c2cc(F)ccc2n2c3c(sc12)C3. The molecular weight excluding hydrogens is 293 g/mol. The van der Waals surface area contributed by atoms with Crippen LogP contribution in [0.1, 0.15) is 27.9 Å². The summed E-state index contributed by atoms with van der Waals surface area (Å²) in [7, 11) is 0. The standard InChI is InChI=1S/C15H10FNO3S/c1-2-20-15(19)12-13(18)8-5-7(16)3-4-9(8)17-10-6-11(10)21-14(12)17/h3-5H,2,6H2,1H3. The third kappa shape index (κ3) is 1.65. The molecule has 1 aliphatic carbocycles. The van der Waals surface area contributed by atoms with Crippen molar-refractivity contribution in [1.29, 1.82) is 0 Å². The number of esters is 1. The Bertz CT molecular complexity index is 986. The van der Waals surface area contributed by atoms with Crippen molar-refractivity contribution >= 4 is 33.0 Å². The maximum atomic E-state index is 13.5. The Kier molecular flexibility index (Phi) is 2.47. The lowest BCUT2D eigenvalue weighted by Gasteiger charge is -2.08. The van der Waals surface area contributed by atoms with Gasteiger partial charge in [-0.05, 0) is 25.1 Å². The first-order valence-corrected chi connectivity index (χ1v) is 7.39. The number of benzene rings is 1. The van der Waals surface area contributed by atoms with Crippen LogP contribution in [0.2, 0.25) is 0 Å². The van der Waals surface area contributed by atoms with Crippen molar-refractivity contribution in [2.45, 2.75) is 13.3 Å². The van der Waals surface area contributed by atoms with Crippen molar-refractivity contribution in [3.8, 4) is 0 Å². The highest BCUT2D eigenvalue weighted by Crippen LogP contribution is 2.39. The second-order valence-electron chi connectivity index (χ2n) is 4.88. The molecule has 4 nitrogen and oxygen atoms in total. The Morgan fingerprint density at radius 2 is 2.29 bits per heavy atom. The summed E-state index contributed by atoms with van der Waals surface area (Å²) >= 11 is 1.43. The molecule has 3 aromatic rings. The normalized spacial score (nSPS) is 12.7. The zero-order chi connectivity index (χ0) is 14.7. The smallest absolute Gasteiger partial charge is 0.345 e. The molecule has 0 bridgehead atoms. The fraction of sp³-hybridized carbons (Fsp3) is 0.200. The Morgan fingerprint density at radius 3 is 3.05 bits per heavy atom. The van der Waals surface area contributed by atoms with Gasteiger partial charge in [-0.25, -0.2) is 9.18 Å². The van der Waals surface area contributed by atoms with E-state index in [9.17, 15) is 14.0 Å². The van der Waals surface area contributed by atoms with Gasteiger partial charge >= 0.3 is 5.97 Å². The Labute approximate surface area is 122 Å². The topological polar surface area (TPSA) is 47.8 Å². The number of aromatic nitrogens is 1. The molecule has 0 radical (unpaired) electrons. The van der Waals surface area contributed by atoms with E-state index in [0.29, 0.717) is 10.3 Å². The molecule has 0 amide bonds. The van der Waals surface area contributed by atoms with Gasteiger partial charge in [-0.3, -0.25) is 4.79 Å². The quantitative estimate of drug-likeness (QED) is 0.535. The van der Waals surface area contributed by atoms with Gasteiger partial charge in [0.2, 0.25) is 5.43 Å². The van der Waals surface area contributed by atoms with Crippen LogP contribution in [0.4, 0.5) is 4.39 Å². The molecule has 0 fully saturated rings. The van der Waals surface area contributed by atoms with Gasteiger partial charge in [-0.2, -0.15) is 0 Å². The molecule has 0 atom stereocenters. The predicted molar refractivity (Wildman–Crippen MR) is 77.8 cm³/mol. The third-order valence-electron chi connectivity index (χ3n) is 3.58. The second kappa shape index (κ2) is 4.14. The van der Waals surface area contributed by atoms with Crippen LogP contribution in [0, 0.1) is 5.82 Å². The number of carbonyl (C=O) groups is 1. The molecule has 21 heavy (non-hydrogen) atoms. The van der Waals surface area contributed by atoms with Crippen LogP contribution < -0.4 is 5.43 Å². The van der Waals surface area contributed by atoms with Gasteiger partial charge in [0.05, 0.1) is 12.1 Å². The van der Waals surface area contributed by atoms with Crippen LogP contribution in [0.3, 0.4) is 0 Å². The second-order valence-corrected chi connectivity index (χ2v) is 5.96. The monoisotopic (exact) mass is 303 g/mol. The van der Waals surface area contributed by atoms with Crippen LogP contribution in [0.5, 0.6) is 0 Å². The number of rotatable bonds is 2. The van der Waals surface area contributed by atoms with Crippen LogP contribution in [0.15, 0.2) is 23.0 Å². The van der Waals surface area contributed by atoms with E-state index in [1.807, 2.05) is 4.40 Å². The molecule has 1 aliphatic rings. The van der Waals surface area contributed by atoms with Crippen LogP contribution >= 0.6 is 11.3 Å². The fourth-order valence-electron chi connectivity index (χ4n) is 2.61. The van der Waals surface area contributed by atoms with Gasteiger partial charge in [0.15, 0.2) is 0 Å². The summed E-state index contributed by atoms with van der Waals surface area (Å²) in [6.45, 7) is 1.88. The Balaban J connectivity index is 2.19. The number of nitrogens with zero attached hydrogens (tertiary/aromatic N) is 1. The minimum Gasteiger partial charge on any atom is -0.462 e. The van der Waals surface area contributed by atoms with Gasteiger partial charge < -0.3 is 9.14 Å². The number of thiazole rings is 1. The highest BCUT2D eigenvalue weighted by atomic mass is 32.1. The van der Waals surface area contributed by atoms with E-state index < -0.39 is 17.2 Å². The molecule has 106 valence electrons. The molecule has 0 N–H and O–H groups in total. The molecule has 0 unspecified atom stereocenters. The summed E-state index contributed by atoms with van der Waals surface area (Å²) < 4.78 is 20.3. The third-order valence-corrected chi connectivity index (χ3v) is 4.79. The summed E-state index contributed by atoms with van der Waals surface area (Å²) in [5, 5.41) is 0.211. The number of hydrogen-bond donors (Lipinski definition) is 0. The van der Waals surface area contributed by atoms with Crippen molar-refractivity contribution in [3.63, 3.8) is 0 Å². The predicted octanol–water partition coefficient (Wildman–Crippen LogP) is 2.73. The van der Waals surface area contributed by atoms with Gasteiger partial charge in [0.25, 0.3) is 0 Å². The van der Waals surface area contributed by atoms with E-state index in [1.165, 1.54) is 23.5 Å².